The van der Waals surface area contributed by atoms with Crippen LogP contribution in [0.25, 0.3) is 0 Å². The molecule has 0 spiro atoms. The predicted octanol–water partition coefficient (Wildman–Crippen LogP) is 3.82. The lowest BCUT2D eigenvalue weighted by Gasteiger charge is -2.28. The molecule has 1 aromatic carbocycles. The number of amides is 4. The number of thiophene rings is 1. The van der Waals surface area contributed by atoms with Gasteiger partial charge in [0.1, 0.15) is 11.0 Å². The number of aryl methyl sites for hydroxylation is 1. The Labute approximate surface area is 212 Å². The lowest BCUT2D eigenvalue weighted by atomic mass is 10.0. The van der Waals surface area contributed by atoms with Crippen molar-refractivity contribution in [3.05, 3.63) is 81.5 Å². The minimum absolute atomic E-state index is 0.268. The van der Waals surface area contributed by atoms with Crippen LogP contribution in [-0.4, -0.2) is 39.6 Å². The molecule has 5 rings (SSSR count). The fourth-order valence-corrected chi connectivity index (χ4v) is 6.16. The van der Waals surface area contributed by atoms with Crippen LogP contribution in [0.2, 0.25) is 0 Å². The molecule has 0 unspecified atom stereocenters. The molecule has 2 N–H and O–H groups in total. The van der Waals surface area contributed by atoms with Gasteiger partial charge in [-0.1, -0.05) is 32.0 Å². The quantitative estimate of drug-likeness (QED) is 0.478. The normalized spacial score (nSPS) is 15.1. The molecular weight excluding hydrogens is 476 g/mol. The number of nitrogens with one attached hydrogen (secondary N) is 2. The number of aromatic nitrogens is 1. The van der Waals surface area contributed by atoms with E-state index in [4.69, 9.17) is 0 Å². The van der Waals surface area contributed by atoms with Gasteiger partial charge in [0.25, 0.3) is 17.7 Å². The van der Waals surface area contributed by atoms with Crippen LogP contribution in [0, 0.1) is 5.92 Å². The molecule has 0 saturated heterocycles. The minimum Gasteiger partial charge on any atom is -0.348 e. The Morgan fingerprint density at radius 3 is 2.42 bits per heavy atom. The maximum Gasteiger partial charge on any atom is 0.262 e. The zero-order valence-electron chi connectivity index (χ0n) is 20.0. The molecular formula is C27H26N4O4S. The molecule has 0 radical (unpaired) electrons. The average molecular weight is 503 g/mol. The second kappa shape index (κ2) is 9.66. The van der Waals surface area contributed by atoms with Crippen LogP contribution in [0.3, 0.4) is 0 Å². The number of pyridine rings is 1. The first-order valence-electron chi connectivity index (χ1n) is 12.0. The highest BCUT2D eigenvalue weighted by Crippen LogP contribution is 2.39. The summed E-state index contributed by atoms with van der Waals surface area (Å²) in [6.45, 7) is 3.90. The largest absolute Gasteiger partial charge is 0.348 e. The number of benzene rings is 1. The van der Waals surface area contributed by atoms with E-state index < -0.39 is 23.8 Å². The molecule has 0 fully saturated rings. The van der Waals surface area contributed by atoms with E-state index in [0.717, 1.165) is 40.2 Å². The number of carbonyl (C=O) groups excluding carboxylic acids is 4. The first kappa shape index (κ1) is 23.9. The Morgan fingerprint density at radius 1 is 1.06 bits per heavy atom. The summed E-state index contributed by atoms with van der Waals surface area (Å²) in [5.41, 5.74) is 2.89. The highest BCUT2D eigenvalue weighted by Gasteiger charge is 2.44. The van der Waals surface area contributed by atoms with E-state index in [1.54, 1.807) is 56.6 Å². The van der Waals surface area contributed by atoms with Crippen molar-refractivity contribution in [2.45, 2.75) is 45.7 Å². The first-order valence-corrected chi connectivity index (χ1v) is 12.8. The van der Waals surface area contributed by atoms with Crippen molar-refractivity contribution in [1.29, 1.82) is 0 Å². The van der Waals surface area contributed by atoms with E-state index >= 15 is 0 Å². The van der Waals surface area contributed by atoms with Gasteiger partial charge in [-0.15, -0.1) is 11.3 Å². The topological polar surface area (TPSA) is 108 Å². The lowest BCUT2D eigenvalue weighted by molar-refractivity contribution is -0.121. The zero-order chi connectivity index (χ0) is 25.4. The molecule has 0 bridgehead atoms. The number of anilines is 1. The monoisotopic (exact) mass is 502 g/mol. The molecule has 0 saturated carbocycles. The summed E-state index contributed by atoms with van der Waals surface area (Å²) in [5.74, 6) is -2.04. The van der Waals surface area contributed by atoms with Crippen LogP contribution in [-0.2, 0) is 24.2 Å². The summed E-state index contributed by atoms with van der Waals surface area (Å²) in [6.07, 6.45) is 5.94. The maximum atomic E-state index is 13.6. The number of hydrogen-bond acceptors (Lipinski definition) is 6. The predicted molar refractivity (Wildman–Crippen MR) is 136 cm³/mol. The van der Waals surface area contributed by atoms with Gasteiger partial charge in [-0.05, 0) is 54.5 Å². The molecule has 4 amide bonds. The molecule has 1 aliphatic carbocycles. The van der Waals surface area contributed by atoms with E-state index in [1.807, 2.05) is 6.07 Å². The third kappa shape index (κ3) is 4.19. The smallest absolute Gasteiger partial charge is 0.262 e. The average Bonchev–Trinajstić information content (AvgIpc) is 3.52. The molecule has 2 aromatic heterocycles. The summed E-state index contributed by atoms with van der Waals surface area (Å²) >= 11 is 1.39. The summed E-state index contributed by atoms with van der Waals surface area (Å²) in [5, 5.41) is 6.30. The van der Waals surface area contributed by atoms with Crippen LogP contribution >= 0.6 is 11.3 Å². The fraction of sp³-hybridized carbons (Fsp3) is 0.296. The van der Waals surface area contributed by atoms with Crippen molar-refractivity contribution in [3.8, 4) is 0 Å². The molecule has 36 heavy (non-hydrogen) atoms. The van der Waals surface area contributed by atoms with Gasteiger partial charge in [-0.2, -0.15) is 0 Å². The number of carbonyl (C=O) groups is 4. The third-order valence-corrected chi connectivity index (χ3v) is 7.77. The van der Waals surface area contributed by atoms with Crippen LogP contribution in [0.15, 0.2) is 48.8 Å². The second-order valence-electron chi connectivity index (χ2n) is 9.31. The Hall–Kier alpha value is -3.85. The van der Waals surface area contributed by atoms with E-state index in [9.17, 15) is 19.2 Å². The number of nitrogens with zero attached hydrogens (tertiary/aromatic N) is 2. The maximum absolute atomic E-state index is 13.6. The van der Waals surface area contributed by atoms with Crippen LogP contribution in [0.5, 0.6) is 0 Å². The summed E-state index contributed by atoms with van der Waals surface area (Å²) in [6, 6.07) is 9.26. The lowest BCUT2D eigenvalue weighted by Crippen LogP contribution is -2.50. The molecule has 184 valence electrons. The van der Waals surface area contributed by atoms with Crippen molar-refractivity contribution in [1.82, 2.24) is 15.2 Å². The zero-order valence-corrected chi connectivity index (χ0v) is 20.9. The molecule has 3 heterocycles. The van der Waals surface area contributed by atoms with Crippen molar-refractivity contribution >= 4 is 40.0 Å². The van der Waals surface area contributed by atoms with Crippen LogP contribution < -0.4 is 10.6 Å². The highest BCUT2D eigenvalue weighted by molar-refractivity contribution is 7.17. The molecule has 3 aromatic rings. The Morgan fingerprint density at radius 2 is 1.78 bits per heavy atom. The Kier molecular flexibility index (Phi) is 6.40. The van der Waals surface area contributed by atoms with E-state index in [0.29, 0.717) is 28.2 Å². The summed E-state index contributed by atoms with van der Waals surface area (Å²) in [4.78, 5) is 59.2. The third-order valence-electron chi connectivity index (χ3n) is 6.56. The van der Waals surface area contributed by atoms with Gasteiger partial charge >= 0.3 is 0 Å². The fourth-order valence-electron chi connectivity index (χ4n) is 4.87. The van der Waals surface area contributed by atoms with Crippen molar-refractivity contribution in [3.63, 3.8) is 0 Å². The van der Waals surface area contributed by atoms with Gasteiger partial charge in [0.2, 0.25) is 5.91 Å². The van der Waals surface area contributed by atoms with Crippen molar-refractivity contribution < 1.29 is 19.2 Å². The molecule has 9 heteroatoms. The Balaban J connectivity index is 1.40. The minimum atomic E-state index is -1.01. The van der Waals surface area contributed by atoms with Gasteiger partial charge in [-0.25, -0.2) is 0 Å². The van der Waals surface area contributed by atoms with Gasteiger partial charge < -0.3 is 10.6 Å². The van der Waals surface area contributed by atoms with E-state index in [-0.39, 0.29) is 11.8 Å². The summed E-state index contributed by atoms with van der Waals surface area (Å²) < 4.78 is 0. The van der Waals surface area contributed by atoms with Gasteiger partial charge in [0, 0.05) is 23.8 Å². The van der Waals surface area contributed by atoms with Gasteiger partial charge in [-0.3, -0.25) is 29.1 Å². The van der Waals surface area contributed by atoms with Crippen molar-refractivity contribution in [2.24, 2.45) is 5.92 Å². The van der Waals surface area contributed by atoms with Crippen LogP contribution in [0.1, 0.15) is 67.3 Å². The van der Waals surface area contributed by atoms with E-state index in [2.05, 4.69) is 15.6 Å². The summed E-state index contributed by atoms with van der Waals surface area (Å²) in [7, 11) is 0. The van der Waals surface area contributed by atoms with Gasteiger partial charge in [0.15, 0.2) is 0 Å². The molecule has 1 atom stereocenters. The molecule has 2 aliphatic rings. The first-order chi connectivity index (χ1) is 17.4. The second-order valence-corrected chi connectivity index (χ2v) is 10.4. The number of imide groups is 1. The standard InChI is InChI=1S/C27H26N4O4S/c1-15(2)22(31-26(34)17-8-3-4-9-18(17)27(31)35)24(33)30-25-21(19-10-5-11-20(19)36-25)23(32)29-14-16-7-6-12-28-13-16/h3-4,6-9,12-13,15,22H,5,10-11,14H2,1-2H3,(H,29,32)(H,30,33)/t22-/m1/s1. The SMILES string of the molecule is CC(C)[C@H](C(=O)Nc1sc2c(c1C(=O)NCc1cccnc1)CCC2)N1C(=O)c2ccccc2C1=O. The Bertz CT molecular complexity index is 1330. The molecule has 8 nitrogen and oxygen atoms in total. The number of rotatable bonds is 7. The number of fused-ring (bicyclic) bond motifs is 2. The molecule has 1 aliphatic heterocycles. The van der Waals surface area contributed by atoms with E-state index in [1.165, 1.54) is 11.3 Å². The van der Waals surface area contributed by atoms with Crippen molar-refractivity contribution in [2.75, 3.05) is 5.32 Å². The van der Waals surface area contributed by atoms with Crippen LogP contribution in [0.4, 0.5) is 5.00 Å². The highest BCUT2D eigenvalue weighted by atomic mass is 32.1. The van der Waals surface area contributed by atoms with Gasteiger partial charge in [0.05, 0.1) is 16.7 Å². The number of hydrogen-bond donors (Lipinski definition) is 2.